The van der Waals surface area contributed by atoms with Crippen molar-refractivity contribution < 1.29 is 9.53 Å². The van der Waals surface area contributed by atoms with Crippen molar-refractivity contribution in [2.75, 3.05) is 12.4 Å². The molecule has 2 aromatic rings. The zero-order chi connectivity index (χ0) is 14.5. The van der Waals surface area contributed by atoms with E-state index in [0.29, 0.717) is 15.7 Å². The second kappa shape index (κ2) is 6.52. The third-order valence-corrected chi connectivity index (χ3v) is 4.00. The molecule has 1 aromatic heterocycles. The van der Waals surface area contributed by atoms with Gasteiger partial charge in [-0.2, -0.15) is 0 Å². The van der Waals surface area contributed by atoms with E-state index in [0.717, 1.165) is 18.5 Å². The summed E-state index contributed by atoms with van der Waals surface area (Å²) in [5.74, 6) is -0.338. The smallest absolute Gasteiger partial charge is 0.350 e. The molecule has 20 heavy (non-hydrogen) atoms. The summed E-state index contributed by atoms with van der Waals surface area (Å²) >= 11 is 1.32. The van der Waals surface area contributed by atoms with E-state index in [1.54, 1.807) is 0 Å². The number of rotatable bonds is 5. The Bertz CT molecular complexity index is 608. The van der Waals surface area contributed by atoms with Gasteiger partial charge in [-0.1, -0.05) is 42.9 Å². The highest BCUT2D eigenvalue weighted by Crippen LogP contribution is 2.28. The minimum Gasteiger partial charge on any atom is -0.465 e. The van der Waals surface area contributed by atoms with E-state index in [4.69, 9.17) is 4.74 Å². The second-order valence-electron chi connectivity index (χ2n) is 4.46. The van der Waals surface area contributed by atoms with Crippen LogP contribution in [0.2, 0.25) is 0 Å². The Hall–Kier alpha value is -1.88. The summed E-state index contributed by atoms with van der Waals surface area (Å²) in [6, 6.07) is 8.15. The van der Waals surface area contributed by atoms with Crippen LogP contribution in [-0.2, 0) is 11.2 Å². The first-order chi connectivity index (χ1) is 9.65. The van der Waals surface area contributed by atoms with Gasteiger partial charge < -0.3 is 10.1 Å². The maximum absolute atomic E-state index is 11.6. The molecule has 0 bridgehead atoms. The average Bonchev–Trinajstić information content (AvgIpc) is 2.81. The summed E-state index contributed by atoms with van der Waals surface area (Å²) in [4.78, 5) is 16.5. The Kier molecular flexibility index (Phi) is 4.74. The van der Waals surface area contributed by atoms with Gasteiger partial charge in [-0.15, -0.1) is 0 Å². The lowest BCUT2D eigenvalue weighted by atomic mass is 10.1. The lowest BCUT2D eigenvalue weighted by Gasteiger charge is -2.08. The Labute approximate surface area is 122 Å². The van der Waals surface area contributed by atoms with Crippen LogP contribution >= 0.6 is 11.3 Å². The van der Waals surface area contributed by atoms with Gasteiger partial charge in [-0.25, -0.2) is 9.78 Å². The Morgan fingerprint density at radius 2 is 2.15 bits per heavy atom. The lowest BCUT2D eigenvalue weighted by Crippen LogP contribution is -1.99. The molecule has 1 aromatic carbocycles. The summed E-state index contributed by atoms with van der Waals surface area (Å²) in [5, 5.41) is 4.01. The zero-order valence-corrected chi connectivity index (χ0v) is 12.7. The lowest BCUT2D eigenvalue weighted by molar-refractivity contribution is 0.0605. The van der Waals surface area contributed by atoms with E-state index < -0.39 is 0 Å². The van der Waals surface area contributed by atoms with Crippen molar-refractivity contribution in [1.82, 2.24) is 4.98 Å². The fourth-order valence-electron chi connectivity index (χ4n) is 1.98. The highest BCUT2D eigenvalue weighted by molar-refractivity contribution is 7.17. The maximum Gasteiger partial charge on any atom is 0.350 e. The molecule has 0 atom stereocenters. The minimum atomic E-state index is -0.338. The number of nitrogens with one attached hydrogen (secondary N) is 1. The maximum atomic E-state index is 11.6. The number of hydrogen-bond acceptors (Lipinski definition) is 5. The number of aromatic nitrogens is 1. The van der Waals surface area contributed by atoms with Crippen molar-refractivity contribution in [2.24, 2.45) is 0 Å². The quantitative estimate of drug-likeness (QED) is 0.848. The monoisotopic (exact) mass is 290 g/mol. The van der Waals surface area contributed by atoms with Crippen LogP contribution in [0.4, 0.5) is 10.8 Å². The standard InChI is InChI=1S/C15H18N2O2S/c1-4-7-11-8-5-6-9-12(11)17-15-16-10(2)13(20-15)14(18)19-3/h5-6,8-9H,4,7H2,1-3H3,(H,16,17). The van der Waals surface area contributed by atoms with E-state index in [1.807, 2.05) is 25.1 Å². The molecule has 0 aliphatic heterocycles. The molecular formula is C15H18N2O2S. The molecule has 0 radical (unpaired) electrons. The molecule has 0 saturated carbocycles. The average molecular weight is 290 g/mol. The summed E-state index contributed by atoms with van der Waals surface area (Å²) in [7, 11) is 1.38. The topological polar surface area (TPSA) is 51.2 Å². The van der Waals surface area contributed by atoms with Crippen molar-refractivity contribution in [2.45, 2.75) is 26.7 Å². The molecule has 0 fully saturated rings. The first kappa shape index (κ1) is 14.5. The van der Waals surface area contributed by atoms with Gasteiger partial charge in [0.05, 0.1) is 12.8 Å². The van der Waals surface area contributed by atoms with Crippen LogP contribution < -0.4 is 5.32 Å². The number of nitrogens with zero attached hydrogens (tertiary/aromatic N) is 1. The third-order valence-electron chi connectivity index (χ3n) is 2.95. The van der Waals surface area contributed by atoms with Gasteiger partial charge in [0, 0.05) is 5.69 Å². The zero-order valence-electron chi connectivity index (χ0n) is 11.9. The molecule has 0 aliphatic rings. The fraction of sp³-hybridized carbons (Fsp3) is 0.333. The predicted molar refractivity (Wildman–Crippen MR) is 81.9 cm³/mol. The number of methoxy groups -OCH3 is 1. The molecule has 0 unspecified atom stereocenters. The molecule has 5 heteroatoms. The van der Waals surface area contributed by atoms with Crippen molar-refractivity contribution in [3.63, 3.8) is 0 Å². The summed E-state index contributed by atoms with van der Waals surface area (Å²) < 4.78 is 4.75. The third kappa shape index (κ3) is 3.17. The van der Waals surface area contributed by atoms with Gasteiger partial charge in [0.2, 0.25) is 0 Å². The number of para-hydroxylation sites is 1. The van der Waals surface area contributed by atoms with Gasteiger partial charge in [0.15, 0.2) is 5.13 Å². The molecular weight excluding hydrogens is 272 g/mol. The molecule has 0 aliphatic carbocycles. The number of hydrogen-bond donors (Lipinski definition) is 1. The molecule has 2 rings (SSSR count). The van der Waals surface area contributed by atoms with Crippen molar-refractivity contribution in [1.29, 1.82) is 0 Å². The highest BCUT2D eigenvalue weighted by Gasteiger charge is 2.16. The van der Waals surface area contributed by atoms with Crippen LogP contribution in [-0.4, -0.2) is 18.1 Å². The summed E-state index contributed by atoms with van der Waals surface area (Å²) in [6.07, 6.45) is 2.10. The Balaban J connectivity index is 2.24. The van der Waals surface area contributed by atoms with Crippen LogP contribution in [0.5, 0.6) is 0 Å². The molecule has 4 nitrogen and oxygen atoms in total. The van der Waals surface area contributed by atoms with Gasteiger partial charge in [-0.05, 0) is 25.0 Å². The van der Waals surface area contributed by atoms with Gasteiger partial charge >= 0.3 is 5.97 Å². The number of benzene rings is 1. The second-order valence-corrected chi connectivity index (χ2v) is 5.46. The summed E-state index contributed by atoms with van der Waals surface area (Å²) in [6.45, 7) is 3.96. The molecule has 1 heterocycles. The molecule has 106 valence electrons. The molecule has 1 N–H and O–H groups in total. The van der Waals surface area contributed by atoms with Gasteiger partial charge in [-0.3, -0.25) is 0 Å². The number of carbonyl (C=O) groups excluding carboxylic acids is 1. The van der Waals surface area contributed by atoms with E-state index >= 15 is 0 Å². The van der Waals surface area contributed by atoms with Crippen LogP contribution in [0.25, 0.3) is 0 Å². The van der Waals surface area contributed by atoms with E-state index in [2.05, 4.69) is 23.3 Å². The Morgan fingerprint density at radius 3 is 2.85 bits per heavy atom. The van der Waals surface area contributed by atoms with Crippen LogP contribution in [0, 0.1) is 6.92 Å². The molecule has 0 amide bonds. The normalized spacial score (nSPS) is 10.3. The first-order valence-corrected chi connectivity index (χ1v) is 7.38. The Morgan fingerprint density at radius 1 is 1.40 bits per heavy atom. The van der Waals surface area contributed by atoms with E-state index in [-0.39, 0.29) is 5.97 Å². The predicted octanol–water partition coefficient (Wildman–Crippen LogP) is 3.93. The number of esters is 1. The first-order valence-electron chi connectivity index (χ1n) is 6.56. The highest BCUT2D eigenvalue weighted by atomic mass is 32.1. The van der Waals surface area contributed by atoms with Crippen LogP contribution in [0.1, 0.15) is 34.3 Å². The number of thiazole rings is 1. The molecule has 0 spiro atoms. The van der Waals surface area contributed by atoms with Crippen LogP contribution in [0.3, 0.4) is 0 Å². The van der Waals surface area contributed by atoms with Crippen molar-refractivity contribution in [3.8, 4) is 0 Å². The van der Waals surface area contributed by atoms with Crippen molar-refractivity contribution >= 4 is 28.1 Å². The fourth-order valence-corrected chi connectivity index (χ4v) is 2.87. The van der Waals surface area contributed by atoms with Gasteiger partial charge in [0.1, 0.15) is 4.88 Å². The van der Waals surface area contributed by atoms with Crippen LogP contribution in [0.15, 0.2) is 24.3 Å². The summed E-state index contributed by atoms with van der Waals surface area (Å²) in [5.41, 5.74) is 2.99. The number of anilines is 2. The number of carbonyl (C=O) groups is 1. The van der Waals surface area contributed by atoms with E-state index in [1.165, 1.54) is 24.0 Å². The van der Waals surface area contributed by atoms with Crippen molar-refractivity contribution in [3.05, 3.63) is 40.4 Å². The SMILES string of the molecule is CCCc1ccccc1Nc1nc(C)c(C(=O)OC)s1. The van der Waals surface area contributed by atoms with Gasteiger partial charge in [0.25, 0.3) is 0 Å². The molecule has 0 saturated heterocycles. The number of aryl methyl sites for hydroxylation is 2. The minimum absolute atomic E-state index is 0.338. The van der Waals surface area contributed by atoms with E-state index in [9.17, 15) is 4.79 Å². The number of ether oxygens (including phenoxy) is 1. The largest absolute Gasteiger partial charge is 0.465 e.